The summed E-state index contributed by atoms with van der Waals surface area (Å²) in [6.45, 7) is 9.49. The van der Waals surface area contributed by atoms with Crippen molar-refractivity contribution in [2.24, 2.45) is 5.92 Å². The zero-order valence-electron chi connectivity index (χ0n) is 29.1. The number of hydrogen-bond acceptors (Lipinski definition) is 7. The number of rotatable bonds is 14. The second-order valence-corrected chi connectivity index (χ2v) is 13.2. The van der Waals surface area contributed by atoms with Crippen molar-refractivity contribution in [1.82, 2.24) is 10.2 Å². The van der Waals surface area contributed by atoms with Crippen molar-refractivity contribution in [3.05, 3.63) is 124 Å². The number of amides is 1. The van der Waals surface area contributed by atoms with Crippen molar-refractivity contribution in [1.29, 1.82) is 0 Å². The van der Waals surface area contributed by atoms with Crippen LogP contribution < -0.4 is 19.5 Å². The third-order valence-electron chi connectivity index (χ3n) is 9.63. The molecule has 0 aliphatic carbocycles. The zero-order chi connectivity index (χ0) is 35.2. The monoisotopic (exact) mass is 678 g/mol. The van der Waals surface area contributed by atoms with Crippen LogP contribution in [0.5, 0.6) is 17.2 Å². The van der Waals surface area contributed by atoms with Gasteiger partial charge in [0, 0.05) is 18.5 Å². The first-order valence-corrected chi connectivity index (χ1v) is 17.4. The molecule has 2 heterocycles. The molecule has 9 heteroatoms. The van der Waals surface area contributed by atoms with E-state index in [0.717, 1.165) is 39.8 Å². The van der Waals surface area contributed by atoms with Gasteiger partial charge in [-0.25, -0.2) is 0 Å². The summed E-state index contributed by atoms with van der Waals surface area (Å²) < 4.78 is 22.7. The summed E-state index contributed by atoms with van der Waals surface area (Å²) in [6, 6.07) is 28.5. The summed E-state index contributed by atoms with van der Waals surface area (Å²) in [5.74, 6) is -0.456. The number of carbonyl (C=O) groups excluding carboxylic acids is 1. The van der Waals surface area contributed by atoms with Crippen LogP contribution in [-0.4, -0.2) is 61.1 Å². The van der Waals surface area contributed by atoms with Gasteiger partial charge in [-0.05, 0) is 84.8 Å². The smallest absolute Gasteiger partial charge is 0.309 e. The molecule has 4 aromatic rings. The van der Waals surface area contributed by atoms with Crippen LogP contribution >= 0.6 is 0 Å². The van der Waals surface area contributed by atoms with Crippen LogP contribution in [0.1, 0.15) is 72.2 Å². The number of hydrogen-bond donors (Lipinski definition) is 2. The highest BCUT2D eigenvalue weighted by Gasteiger charge is 2.48. The van der Waals surface area contributed by atoms with Crippen LogP contribution in [-0.2, 0) is 20.7 Å². The van der Waals surface area contributed by atoms with Gasteiger partial charge >= 0.3 is 5.97 Å². The molecule has 0 saturated carbocycles. The first kappa shape index (κ1) is 35.0. The summed E-state index contributed by atoms with van der Waals surface area (Å²) in [5.41, 5.74) is 5.93. The summed E-state index contributed by atoms with van der Waals surface area (Å²) in [4.78, 5) is 29.4. The molecule has 0 spiro atoms. The predicted molar refractivity (Wildman–Crippen MR) is 191 cm³/mol. The van der Waals surface area contributed by atoms with E-state index < -0.39 is 23.8 Å². The number of benzene rings is 4. The van der Waals surface area contributed by atoms with Gasteiger partial charge in [0.1, 0.15) is 12.4 Å². The molecule has 0 aromatic heterocycles. The van der Waals surface area contributed by atoms with E-state index in [0.29, 0.717) is 37.0 Å². The van der Waals surface area contributed by atoms with E-state index in [1.54, 1.807) is 0 Å². The van der Waals surface area contributed by atoms with Gasteiger partial charge < -0.3 is 29.4 Å². The van der Waals surface area contributed by atoms with Crippen LogP contribution in [0.25, 0.3) is 0 Å². The zero-order valence-corrected chi connectivity index (χ0v) is 29.1. The topological polar surface area (TPSA) is 107 Å². The molecule has 0 bridgehead atoms. The van der Waals surface area contributed by atoms with Gasteiger partial charge in [0.25, 0.3) is 0 Å². The Morgan fingerprint density at radius 2 is 1.60 bits per heavy atom. The Hall–Kier alpha value is -4.86. The van der Waals surface area contributed by atoms with E-state index in [1.165, 1.54) is 0 Å². The third kappa shape index (κ3) is 7.79. The largest absolute Gasteiger partial charge is 0.491 e. The molecule has 2 aliphatic heterocycles. The number of nitrogens with zero attached hydrogens (tertiary/aromatic N) is 1. The molecule has 6 rings (SSSR count). The van der Waals surface area contributed by atoms with Gasteiger partial charge in [-0.15, -0.1) is 0 Å². The SMILES string of the molecule is CCc1ccccc1C(NC(=O)CN1C[C@@H](c2ccc3c(c2)OCO3)[C@H](C(=O)O)[C@H]1c1ccc(OCCOC(C)C)cc1)c1ccccc1C. The van der Waals surface area contributed by atoms with Crippen molar-refractivity contribution in [3.63, 3.8) is 0 Å². The molecule has 0 radical (unpaired) electrons. The summed E-state index contributed by atoms with van der Waals surface area (Å²) in [5, 5.41) is 14.1. The standard InChI is InChI=1S/C41H46N2O7/c1-5-28-11-7-9-13-33(28)39(32-12-8-6-10-27(32)4)42-37(44)24-43-23-34(30-16-19-35-36(22-30)50-25-49-35)38(41(45)46)40(43)29-14-17-31(18-15-29)48-21-20-47-26(2)3/h6-19,22,26,34,38-40H,5,20-21,23-25H2,1-4H3,(H,42,44)(H,45,46)/t34-,38-,39?,40+/m0/s1. The quantitative estimate of drug-likeness (QED) is 0.140. The van der Waals surface area contributed by atoms with Gasteiger partial charge in [0.05, 0.1) is 31.2 Å². The third-order valence-corrected chi connectivity index (χ3v) is 9.63. The van der Waals surface area contributed by atoms with Gasteiger partial charge in [-0.3, -0.25) is 14.5 Å². The lowest BCUT2D eigenvalue weighted by molar-refractivity contribution is -0.143. The number of aliphatic carboxylic acids is 1. The fourth-order valence-electron chi connectivity index (χ4n) is 7.24. The molecule has 9 nitrogen and oxygen atoms in total. The van der Waals surface area contributed by atoms with Gasteiger partial charge in [-0.1, -0.05) is 73.7 Å². The highest BCUT2D eigenvalue weighted by Crippen LogP contribution is 2.48. The minimum Gasteiger partial charge on any atom is -0.491 e. The normalized spacial score (nSPS) is 19.0. The summed E-state index contributed by atoms with van der Waals surface area (Å²) >= 11 is 0. The van der Waals surface area contributed by atoms with Crippen molar-refractivity contribution >= 4 is 11.9 Å². The van der Waals surface area contributed by atoms with Gasteiger partial charge in [0.15, 0.2) is 11.5 Å². The van der Waals surface area contributed by atoms with Gasteiger partial charge in [0.2, 0.25) is 12.7 Å². The second-order valence-electron chi connectivity index (χ2n) is 13.2. The van der Waals surface area contributed by atoms with E-state index in [2.05, 4.69) is 43.4 Å². The predicted octanol–water partition coefficient (Wildman–Crippen LogP) is 6.84. The molecule has 1 amide bonds. The molecular formula is C41H46N2O7. The fraction of sp³-hybridized carbons (Fsp3) is 0.366. The lowest BCUT2D eigenvalue weighted by Gasteiger charge is -2.29. The van der Waals surface area contributed by atoms with E-state index in [4.69, 9.17) is 18.9 Å². The summed E-state index contributed by atoms with van der Waals surface area (Å²) in [7, 11) is 0. The van der Waals surface area contributed by atoms with Crippen molar-refractivity contribution in [2.75, 3.05) is 33.1 Å². The average Bonchev–Trinajstić information content (AvgIpc) is 3.74. The van der Waals surface area contributed by atoms with Crippen LogP contribution in [0.4, 0.5) is 0 Å². The Labute approximate surface area is 294 Å². The molecular weight excluding hydrogens is 632 g/mol. The Morgan fingerprint density at radius 1 is 0.900 bits per heavy atom. The van der Waals surface area contributed by atoms with E-state index >= 15 is 0 Å². The minimum absolute atomic E-state index is 0.0109. The first-order chi connectivity index (χ1) is 24.2. The highest BCUT2D eigenvalue weighted by atomic mass is 16.7. The fourth-order valence-corrected chi connectivity index (χ4v) is 7.24. The molecule has 262 valence electrons. The minimum atomic E-state index is -0.929. The molecule has 2 N–H and O–H groups in total. The van der Waals surface area contributed by atoms with Crippen molar-refractivity contribution in [2.45, 2.75) is 58.2 Å². The van der Waals surface area contributed by atoms with E-state index in [1.807, 2.05) is 85.5 Å². The summed E-state index contributed by atoms with van der Waals surface area (Å²) in [6.07, 6.45) is 0.940. The number of carboxylic acid groups (broad SMARTS) is 1. The Bertz CT molecular complexity index is 1790. The van der Waals surface area contributed by atoms with Crippen LogP contribution in [0.3, 0.4) is 0 Å². The maximum Gasteiger partial charge on any atom is 0.309 e. The van der Waals surface area contributed by atoms with Crippen molar-refractivity contribution < 1.29 is 33.6 Å². The number of nitrogens with one attached hydrogen (secondary N) is 1. The highest BCUT2D eigenvalue weighted by molar-refractivity contribution is 5.80. The van der Waals surface area contributed by atoms with Crippen LogP contribution in [0.15, 0.2) is 91.0 Å². The van der Waals surface area contributed by atoms with Crippen LogP contribution in [0.2, 0.25) is 0 Å². The number of likely N-dealkylation sites (tertiary alicyclic amines) is 1. The lowest BCUT2D eigenvalue weighted by Crippen LogP contribution is -2.40. The molecule has 4 aromatic carbocycles. The lowest BCUT2D eigenvalue weighted by atomic mass is 9.82. The second kappa shape index (κ2) is 15.8. The number of ether oxygens (including phenoxy) is 4. The average molecular weight is 679 g/mol. The number of carboxylic acids is 1. The Balaban J connectivity index is 1.31. The van der Waals surface area contributed by atoms with E-state index in [-0.39, 0.29) is 31.4 Å². The first-order valence-electron chi connectivity index (χ1n) is 17.4. The Kier molecular flexibility index (Phi) is 11.0. The number of fused-ring (bicyclic) bond motifs is 1. The number of aryl methyl sites for hydroxylation is 2. The molecule has 1 fully saturated rings. The Morgan fingerprint density at radius 3 is 2.32 bits per heavy atom. The van der Waals surface area contributed by atoms with Crippen LogP contribution in [0, 0.1) is 12.8 Å². The molecule has 50 heavy (non-hydrogen) atoms. The molecule has 1 saturated heterocycles. The maximum absolute atomic E-state index is 14.2. The van der Waals surface area contributed by atoms with Crippen molar-refractivity contribution in [3.8, 4) is 17.2 Å². The molecule has 1 unspecified atom stereocenters. The number of carbonyl (C=O) groups is 2. The molecule has 2 aliphatic rings. The van der Waals surface area contributed by atoms with E-state index in [9.17, 15) is 14.7 Å². The molecule has 4 atom stereocenters. The van der Waals surface area contributed by atoms with Gasteiger partial charge in [-0.2, -0.15) is 0 Å². The maximum atomic E-state index is 14.2.